The molecule has 1 aromatic carbocycles. The first-order chi connectivity index (χ1) is 9.81. The number of ketones is 1. The first-order valence-electron chi connectivity index (χ1n) is 6.56. The van der Waals surface area contributed by atoms with Crippen molar-refractivity contribution in [1.82, 2.24) is 4.90 Å². The number of ether oxygens (including phenoxy) is 1. The molecular formula is C15H19NO5. The topological polar surface area (TPSA) is 83.9 Å². The molecule has 0 unspecified atom stereocenters. The zero-order valence-electron chi connectivity index (χ0n) is 12.3. The maximum Gasteiger partial charge on any atom is 0.323 e. The zero-order valence-corrected chi connectivity index (χ0v) is 12.3. The quantitative estimate of drug-likeness (QED) is 0.772. The molecule has 1 N–H and O–H groups in total. The second kappa shape index (κ2) is 7.42. The van der Waals surface area contributed by atoms with Gasteiger partial charge in [-0.1, -0.05) is 12.1 Å². The highest BCUT2D eigenvalue weighted by Crippen LogP contribution is 2.14. The SMILES string of the molecule is CC(=O)c1cccc(OCC(=O)N(CC(=O)O)C(C)C)c1. The van der Waals surface area contributed by atoms with Gasteiger partial charge < -0.3 is 14.7 Å². The van der Waals surface area contributed by atoms with Crippen LogP contribution < -0.4 is 4.74 Å². The van der Waals surface area contributed by atoms with Gasteiger partial charge in [0.2, 0.25) is 0 Å². The van der Waals surface area contributed by atoms with Gasteiger partial charge in [0, 0.05) is 11.6 Å². The number of amides is 1. The summed E-state index contributed by atoms with van der Waals surface area (Å²) in [4.78, 5) is 35.2. The Labute approximate surface area is 123 Å². The lowest BCUT2D eigenvalue weighted by atomic mass is 10.1. The highest BCUT2D eigenvalue weighted by Gasteiger charge is 2.20. The van der Waals surface area contributed by atoms with E-state index >= 15 is 0 Å². The van der Waals surface area contributed by atoms with Crippen LogP contribution in [0.1, 0.15) is 31.1 Å². The summed E-state index contributed by atoms with van der Waals surface area (Å²) in [5.74, 6) is -1.19. The van der Waals surface area contributed by atoms with E-state index in [4.69, 9.17) is 9.84 Å². The molecule has 6 heteroatoms. The lowest BCUT2D eigenvalue weighted by Crippen LogP contribution is -2.43. The predicted molar refractivity (Wildman–Crippen MR) is 76.4 cm³/mol. The fourth-order valence-corrected chi connectivity index (χ4v) is 1.74. The normalized spacial score (nSPS) is 10.3. The maximum absolute atomic E-state index is 12.0. The van der Waals surface area contributed by atoms with Crippen molar-refractivity contribution in [2.45, 2.75) is 26.8 Å². The van der Waals surface area contributed by atoms with Crippen molar-refractivity contribution < 1.29 is 24.2 Å². The van der Waals surface area contributed by atoms with E-state index in [1.807, 2.05) is 0 Å². The summed E-state index contributed by atoms with van der Waals surface area (Å²) < 4.78 is 5.33. The predicted octanol–water partition coefficient (Wildman–Crippen LogP) is 1.59. The summed E-state index contributed by atoms with van der Waals surface area (Å²) in [5.41, 5.74) is 0.492. The number of hydrogen-bond acceptors (Lipinski definition) is 4. The van der Waals surface area contributed by atoms with Crippen molar-refractivity contribution in [2.75, 3.05) is 13.2 Å². The van der Waals surface area contributed by atoms with Crippen LogP contribution in [0.15, 0.2) is 24.3 Å². The van der Waals surface area contributed by atoms with Crippen LogP contribution in [0.5, 0.6) is 5.75 Å². The number of carbonyl (C=O) groups is 3. The van der Waals surface area contributed by atoms with E-state index < -0.39 is 11.9 Å². The number of Topliss-reactive ketones (excluding diaryl/α,β-unsaturated/α-hetero) is 1. The maximum atomic E-state index is 12.0. The third kappa shape index (κ3) is 5.25. The fourth-order valence-electron chi connectivity index (χ4n) is 1.74. The minimum absolute atomic E-state index is 0.0959. The minimum atomic E-state index is -1.07. The Kier molecular flexibility index (Phi) is 5.90. The molecule has 0 aliphatic rings. The van der Waals surface area contributed by atoms with Gasteiger partial charge in [0.05, 0.1) is 0 Å². The number of hydrogen-bond donors (Lipinski definition) is 1. The first-order valence-corrected chi connectivity index (χ1v) is 6.56. The number of carboxylic acids is 1. The molecule has 0 spiro atoms. The van der Waals surface area contributed by atoms with E-state index in [-0.39, 0.29) is 25.0 Å². The third-order valence-corrected chi connectivity index (χ3v) is 2.85. The van der Waals surface area contributed by atoms with Crippen molar-refractivity contribution in [1.29, 1.82) is 0 Å². The van der Waals surface area contributed by atoms with Crippen LogP contribution in [-0.2, 0) is 9.59 Å². The number of carbonyl (C=O) groups excluding carboxylic acids is 2. The summed E-state index contributed by atoms with van der Waals surface area (Å²) in [6, 6.07) is 6.26. The van der Waals surface area contributed by atoms with Gasteiger partial charge >= 0.3 is 5.97 Å². The van der Waals surface area contributed by atoms with Gasteiger partial charge in [-0.15, -0.1) is 0 Å². The summed E-state index contributed by atoms with van der Waals surface area (Å²) in [6.07, 6.45) is 0. The molecular weight excluding hydrogens is 274 g/mol. The molecule has 0 saturated carbocycles. The van der Waals surface area contributed by atoms with Gasteiger partial charge in [0.25, 0.3) is 5.91 Å². The van der Waals surface area contributed by atoms with Crippen molar-refractivity contribution in [3.8, 4) is 5.75 Å². The lowest BCUT2D eigenvalue weighted by Gasteiger charge is -2.24. The molecule has 0 aliphatic carbocycles. The lowest BCUT2D eigenvalue weighted by molar-refractivity contribution is -0.146. The van der Waals surface area contributed by atoms with Crippen LogP contribution in [0.2, 0.25) is 0 Å². The van der Waals surface area contributed by atoms with Crippen LogP contribution in [0.3, 0.4) is 0 Å². The Bertz CT molecular complexity index is 539. The van der Waals surface area contributed by atoms with Crippen molar-refractivity contribution in [2.24, 2.45) is 0 Å². The fraction of sp³-hybridized carbons (Fsp3) is 0.400. The van der Waals surface area contributed by atoms with Crippen LogP contribution in [0.4, 0.5) is 0 Å². The van der Waals surface area contributed by atoms with Crippen molar-refractivity contribution >= 4 is 17.7 Å². The molecule has 0 aromatic heterocycles. The Balaban J connectivity index is 2.68. The highest BCUT2D eigenvalue weighted by molar-refractivity contribution is 5.94. The summed E-state index contributed by atoms with van der Waals surface area (Å²) in [6.45, 7) is 4.27. The van der Waals surface area contributed by atoms with Crippen LogP contribution in [0.25, 0.3) is 0 Å². The molecule has 0 bridgehead atoms. The molecule has 0 saturated heterocycles. The smallest absolute Gasteiger partial charge is 0.323 e. The van der Waals surface area contributed by atoms with Gasteiger partial charge in [-0.05, 0) is 32.9 Å². The van der Waals surface area contributed by atoms with E-state index in [0.29, 0.717) is 11.3 Å². The van der Waals surface area contributed by atoms with E-state index in [2.05, 4.69) is 0 Å². The highest BCUT2D eigenvalue weighted by atomic mass is 16.5. The molecule has 0 aliphatic heterocycles. The summed E-state index contributed by atoms with van der Waals surface area (Å²) >= 11 is 0. The molecule has 1 amide bonds. The number of carboxylic acid groups (broad SMARTS) is 1. The van der Waals surface area contributed by atoms with Gasteiger partial charge in [-0.2, -0.15) is 0 Å². The van der Waals surface area contributed by atoms with Crippen LogP contribution in [-0.4, -0.2) is 46.9 Å². The van der Waals surface area contributed by atoms with Gasteiger partial charge in [0.1, 0.15) is 12.3 Å². The molecule has 0 heterocycles. The average Bonchev–Trinajstić information content (AvgIpc) is 2.42. The summed E-state index contributed by atoms with van der Waals surface area (Å²) in [5, 5.41) is 8.79. The number of nitrogens with zero attached hydrogens (tertiary/aromatic N) is 1. The Hall–Kier alpha value is -2.37. The van der Waals surface area contributed by atoms with E-state index in [9.17, 15) is 14.4 Å². The molecule has 1 rings (SSSR count). The molecule has 6 nitrogen and oxygen atoms in total. The molecule has 0 radical (unpaired) electrons. The molecule has 1 aromatic rings. The van der Waals surface area contributed by atoms with Gasteiger partial charge in [-0.3, -0.25) is 14.4 Å². The van der Waals surface area contributed by atoms with Crippen LogP contribution >= 0.6 is 0 Å². The number of aliphatic carboxylic acids is 1. The van der Waals surface area contributed by atoms with E-state index in [1.165, 1.54) is 11.8 Å². The molecule has 114 valence electrons. The first kappa shape index (κ1) is 16.7. The monoisotopic (exact) mass is 293 g/mol. The standard InChI is InChI=1S/C15H19NO5/c1-10(2)16(8-15(19)20)14(18)9-21-13-6-4-5-12(7-13)11(3)17/h4-7,10H,8-9H2,1-3H3,(H,19,20). The number of rotatable bonds is 7. The van der Waals surface area contributed by atoms with E-state index in [1.54, 1.807) is 38.1 Å². The van der Waals surface area contributed by atoms with Gasteiger partial charge in [-0.25, -0.2) is 0 Å². The summed E-state index contributed by atoms with van der Waals surface area (Å²) in [7, 11) is 0. The molecule has 0 fully saturated rings. The molecule has 0 atom stereocenters. The van der Waals surface area contributed by atoms with Crippen molar-refractivity contribution in [3.05, 3.63) is 29.8 Å². The third-order valence-electron chi connectivity index (χ3n) is 2.85. The Morgan fingerprint density at radius 2 is 1.95 bits per heavy atom. The van der Waals surface area contributed by atoms with Gasteiger partial charge in [0.15, 0.2) is 12.4 Å². The number of benzene rings is 1. The zero-order chi connectivity index (χ0) is 16.0. The molecule has 21 heavy (non-hydrogen) atoms. The second-order valence-corrected chi connectivity index (χ2v) is 4.88. The Morgan fingerprint density at radius 1 is 1.29 bits per heavy atom. The van der Waals surface area contributed by atoms with Crippen molar-refractivity contribution in [3.63, 3.8) is 0 Å². The Morgan fingerprint density at radius 3 is 2.48 bits per heavy atom. The largest absolute Gasteiger partial charge is 0.484 e. The minimum Gasteiger partial charge on any atom is -0.484 e. The van der Waals surface area contributed by atoms with Crippen LogP contribution in [0, 0.1) is 0 Å². The van der Waals surface area contributed by atoms with E-state index in [0.717, 1.165) is 0 Å². The average molecular weight is 293 g/mol. The second-order valence-electron chi connectivity index (χ2n) is 4.88.